The minimum atomic E-state index is -1.17. The van der Waals surface area contributed by atoms with Crippen molar-refractivity contribution in [3.8, 4) is 0 Å². The molecule has 0 saturated heterocycles. The monoisotopic (exact) mass is 310 g/mol. The van der Waals surface area contributed by atoms with Crippen LogP contribution in [0.2, 0.25) is 0 Å². The van der Waals surface area contributed by atoms with Crippen molar-refractivity contribution >= 4 is 17.3 Å². The van der Waals surface area contributed by atoms with Gasteiger partial charge in [0.2, 0.25) is 11.8 Å². The maximum absolute atomic E-state index is 12.7. The van der Waals surface area contributed by atoms with E-state index in [0.717, 1.165) is 22.5 Å². The number of aryl methyl sites for hydroxylation is 1. The maximum atomic E-state index is 12.7. The van der Waals surface area contributed by atoms with E-state index in [1.165, 1.54) is 0 Å². The van der Waals surface area contributed by atoms with Crippen molar-refractivity contribution in [2.45, 2.75) is 32.1 Å². The normalized spacial score (nSPS) is 20.1. The van der Waals surface area contributed by atoms with Crippen molar-refractivity contribution in [3.05, 3.63) is 59.7 Å². The van der Waals surface area contributed by atoms with E-state index in [2.05, 4.69) is 16.0 Å². The van der Waals surface area contributed by atoms with Crippen LogP contribution < -0.4 is 21.7 Å². The number of nitrogens with one attached hydrogen (secondary N) is 3. The van der Waals surface area contributed by atoms with Crippen LogP contribution in [0.15, 0.2) is 48.5 Å². The van der Waals surface area contributed by atoms with E-state index in [-0.39, 0.29) is 11.8 Å². The van der Waals surface area contributed by atoms with Crippen LogP contribution in [0.5, 0.6) is 0 Å². The van der Waals surface area contributed by atoms with Crippen molar-refractivity contribution in [2.75, 3.05) is 10.6 Å². The summed E-state index contributed by atoms with van der Waals surface area (Å²) in [5.74, 6) is -1.51. The highest BCUT2D eigenvalue weighted by molar-refractivity contribution is 5.86. The van der Waals surface area contributed by atoms with Crippen LogP contribution in [0.3, 0.4) is 0 Å². The highest BCUT2D eigenvalue weighted by Gasteiger charge is 2.35. The van der Waals surface area contributed by atoms with Crippen molar-refractivity contribution in [1.82, 2.24) is 5.32 Å². The lowest BCUT2D eigenvalue weighted by atomic mass is 9.95. The number of anilines is 2. The molecule has 0 saturated carbocycles. The van der Waals surface area contributed by atoms with Crippen LogP contribution in [-0.2, 0) is 4.79 Å². The van der Waals surface area contributed by atoms with Gasteiger partial charge in [0.15, 0.2) is 0 Å². The average molecular weight is 310 g/mol. The standard InChI is InChI=1S/C18H22N4O/c1-3-14(13-7-5-4-6-8-13)17(23)22-18(19)20-15-10-9-12(2)11-16(15)21-18/h4-11,14,20-21H,3,19H2,1-2H3,(H,22,23). The van der Waals surface area contributed by atoms with Gasteiger partial charge < -0.3 is 16.0 Å². The molecule has 0 aliphatic carbocycles. The summed E-state index contributed by atoms with van der Waals surface area (Å²) in [5.41, 5.74) is 10.2. The first-order valence-corrected chi connectivity index (χ1v) is 7.83. The first kappa shape index (κ1) is 15.4. The summed E-state index contributed by atoms with van der Waals surface area (Å²) in [6, 6.07) is 15.7. The van der Waals surface area contributed by atoms with E-state index >= 15 is 0 Å². The molecule has 5 N–H and O–H groups in total. The highest BCUT2D eigenvalue weighted by Crippen LogP contribution is 2.32. The van der Waals surface area contributed by atoms with Crippen LogP contribution in [0.4, 0.5) is 11.4 Å². The molecule has 23 heavy (non-hydrogen) atoms. The van der Waals surface area contributed by atoms with Gasteiger partial charge in [-0.3, -0.25) is 10.5 Å². The number of carbonyl (C=O) groups is 1. The maximum Gasteiger partial charge on any atom is 0.245 e. The van der Waals surface area contributed by atoms with Gasteiger partial charge in [-0.05, 0) is 36.6 Å². The Kier molecular flexibility index (Phi) is 3.96. The predicted octanol–water partition coefficient (Wildman–Crippen LogP) is 2.71. The minimum Gasteiger partial charge on any atom is -0.331 e. The Labute approximate surface area is 136 Å². The lowest BCUT2D eigenvalue weighted by molar-refractivity contribution is -0.123. The summed E-state index contributed by atoms with van der Waals surface area (Å²) in [6.07, 6.45) is 0.706. The van der Waals surface area contributed by atoms with Crippen molar-refractivity contribution in [2.24, 2.45) is 5.73 Å². The van der Waals surface area contributed by atoms with Gasteiger partial charge in [-0.2, -0.15) is 0 Å². The lowest BCUT2D eigenvalue weighted by Crippen LogP contribution is -2.65. The molecule has 0 aromatic heterocycles. The molecular weight excluding hydrogens is 288 g/mol. The van der Waals surface area contributed by atoms with Gasteiger partial charge in [-0.25, -0.2) is 0 Å². The summed E-state index contributed by atoms with van der Waals surface area (Å²) in [6.45, 7) is 4.01. The van der Waals surface area contributed by atoms with Crippen LogP contribution in [0, 0.1) is 6.92 Å². The number of hydrogen-bond acceptors (Lipinski definition) is 4. The third-order valence-electron chi connectivity index (χ3n) is 4.09. The number of hydrogen-bond donors (Lipinski definition) is 4. The molecule has 0 fully saturated rings. The second kappa shape index (κ2) is 5.93. The molecular formula is C18H22N4O. The molecule has 3 rings (SSSR count). The molecule has 2 aromatic carbocycles. The molecule has 5 heteroatoms. The van der Waals surface area contributed by atoms with Gasteiger partial charge in [0.1, 0.15) is 0 Å². The lowest BCUT2D eigenvalue weighted by Gasteiger charge is -2.29. The van der Waals surface area contributed by atoms with Crippen LogP contribution >= 0.6 is 0 Å². The van der Waals surface area contributed by atoms with Gasteiger partial charge in [0.25, 0.3) is 0 Å². The largest absolute Gasteiger partial charge is 0.331 e. The molecule has 120 valence electrons. The molecule has 0 radical (unpaired) electrons. The number of fused-ring (bicyclic) bond motifs is 1. The number of rotatable bonds is 4. The van der Waals surface area contributed by atoms with Crippen molar-refractivity contribution < 1.29 is 4.79 Å². The number of carbonyl (C=O) groups excluding carboxylic acids is 1. The topological polar surface area (TPSA) is 79.2 Å². The zero-order chi connectivity index (χ0) is 16.4. The second-order valence-corrected chi connectivity index (χ2v) is 5.97. The molecule has 1 aliphatic heterocycles. The van der Waals surface area contributed by atoms with E-state index in [4.69, 9.17) is 5.73 Å². The Morgan fingerprint density at radius 2 is 1.87 bits per heavy atom. The smallest absolute Gasteiger partial charge is 0.245 e. The predicted molar refractivity (Wildman–Crippen MR) is 93.0 cm³/mol. The molecule has 0 bridgehead atoms. The first-order chi connectivity index (χ1) is 11.0. The number of nitrogens with two attached hydrogens (primary N) is 1. The summed E-state index contributed by atoms with van der Waals surface area (Å²) < 4.78 is 0. The molecule has 2 unspecified atom stereocenters. The van der Waals surface area contributed by atoms with Crippen LogP contribution in [0.25, 0.3) is 0 Å². The molecule has 1 aliphatic rings. The Balaban J connectivity index is 1.75. The zero-order valence-corrected chi connectivity index (χ0v) is 13.4. The Bertz CT molecular complexity index is 716. The zero-order valence-electron chi connectivity index (χ0n) is 13.4. The van der Waals surface area contributed by atoms with E-state index in [0.29, 0.717) is 6.42 Å². The van der Waals surface area contributed by atoms with Gasteiger partial charge >= 0.3 is 0 Å². The Morgan fingerprint density at radius 1 is 1.17 bits per heavy atom. The van der Waals surface area contributed by atoms with Gasteiger partial charge in [0, 0.05) is 0 Å². The van der Waals surface area contributed by atoms with E-state index in [1.807, 2.05) is 62.4 Å². The Hall–Kier alpha value is -2.53. The van der Waals surface area contributed by atoms with Gasteiger partial charge in [0.05, 0.1) is 17.3 Å². The fraction of sp³-hybridized carbons (Fsp3) is 0.278. The molecule has 2 aromatic rings. The van der Waals surface area contributed by atoms with E-state index in [9.17, 15) is 4.79 Å². The third-order valence-corrected chi connectivity index (χ3v) is 4.09. The molecule has 2 atom stereocenters. The SMILES string of the molecule is CCC(C(=O)NC1(N)Nc2ccc(C)cc2N1)c1ccccc1. The van der Waals surface area contributed by atoms with Gasteiger partial charge in [-0.15, -0.1) is 0 Å². The Morgan fingerprint density at radius 3 is 2.57 bits per heavy atom. The van der Waals surface area contributed by atoms with Crippen LogP contribution in [-0.4, -0.2) is 11.8 Å². The number of benzene rings is 2. The van der Waals surface area contributed by atoms with E-state index < -0.39 is 5.91 Å². The summed E-state index contributed by atoms with van der Waals surface area (Å²) in [4.78, 5) is 12.7. The quantitative estimate of drug-likeness (QED) is 0.655. The fourth-order valence-electron chi connectivity index (χ4n) is 2.93. The van der Waals surface area contributed by atoms with E-state index in [1.54, 1.807) is 0 Å². The van der Waals surface area contributed by atoms with Crippen molar-refractivity contribution in [3.63, 3.8) is 0 Å². The number of amides is 1. The van der Waals surface area contributed by atoms with Gasteiger partial charge in [-0.1, -0.05) is 43.3 Å². The average Bonchev–Trinajstić information content (AvgIpc) is 2.84. The molecule has 5 nitrogen and oxygen atoms in total. The molecule has 1 heterocycles. The summed E-state index contributed by atoms with van der Waals surface area (Å²) in [5, 5.41) is 9.17. The first-order valence-electron chi connectivity index (χ1n) is 7.83. The third kappa shape index (κ3) is 3.14. The summed E-state index contributed by atoms with van der Waals surface area (Å²) >= 11 is 0. The summed E-state index contributed by atoms with van der Waals surface area (Å²) in [7, 11) is 0. The molecule has 0 spiro atoms. The fourth-order valence-corrected chi connectivity index (χ4v) is 2.93. The minimum absolute atomic E-state index is 0.106. The van der Waals surface area contributed by atoms with Crippen LogP contribution in [0.1, 0.15) is 30.4 Å². The van der Waals surface area contributed by atoms with Crippen molar-refractivity contribution in [1.29, 1.82) is 0 Å². The molecule has 1 amide bonds. The highest BCUT2D eigenvalue weighted by atomic mass is 16.2. The second-order valence-electron chi connectivity index (χ2n) is 5.97.